The normalized spacial score (nSPS) is 19.1. The van der Waals surface area contributed by atoms with E-state index in [1.807, 2.05) is 0 Å². The van der Waals surface area contributed by atoms with Crippen molar-refractivity contribution in [3.8, 4) is 5.75 Å². The molecule has 2 nitrogen and oxygen atoms in total. The summed E-state index contributed by atoms with van der Waals surface area (Å²) in [5.74, 6) is -4.30. The highest BCUT2D eigenvalue weighted by molar-refractivity contribution is 6.04. The van der Waals surface area contributed by atoms with Crippen molar-refractivity contribution < 1.29 is 18.3 Å². The van der Waals surface area contributed by atoms with E-state index in [9.17, 15) is 13.6 Å². The molecule has 0 aromatic heterocycles. The number of hydrogen-bond acceptors (Lipinski definition) is 2. The molecule has 0 N–H and O–H groups in total. The van der Waals surface area contributed by atoms with Gasteiger partial charge in [0.1, 0.15) is 5.75 Å². The van der Waals surface area contributed by atoms with Gasteiger partial charge in [-0.1, -0.05) is 12.1 Å². The van der Waals surface area contributed by atoms with Crippen molar-refractivity contribution in [1.29, 1.82) is 0 Å². The first kappa shape index (κ1) is 8.16. The molecule has 0 bridgehead atoms. The fourth-order valence-electron chi connectivity index (χ4n) is 1.21. The van der Waals surface area contributed by atoms with Gasteiger partial charge in [0.25, 0.3) is 0 Å². The zero-order valence-corrected chi connectivity index (χ0v) is 6.59. The molecule has 68 valence electrons. The van der Waals surface area contributed by atoms with Crippen LogP contribution in [0.5, 0.6) is 5.75 Å². The first-order chi connectivity index (χ1) is 6.11. The monoisotopic (exact) mass is 184 g/mol. The lowest BCUT2D eigenvalue weighted by atomic mass is 10.0. The molecule has 0 aliphatic carbocycles. The van der Waals surface area contributed by atoms with Crippen LogP contribution in [-0.4, -0.2) is 18.3 Å². The van der Waals surface area contributed by atoms with Crippen LogP contribution < -0.4 is 4.74 Å². The minimum Gasteiger partial charge on any atom is -0.486 e. The highest BCUT2D eigenvalue weighted by Crippen LogP contribution is 2.31. The molecule has 0 atom stereocenters. The molecule has 0 fully saturated rings. The topological polar surface area (TPSA) is 26.3 Å². The molecule has 0 spiro atoms. The lowest BCUT2D eigenvalue weighted by Gasteiger charge is -2.23. The van der Waals surface area contributed by atoms with Crippen molar-refractivity contribution in [2.24, 2.45) is 0 Å². The largest absolute Gasteiger partial charge is 0.486 e. The average Bonchev–Trinajstić information content (AvgIpc) is 2.13. The summed E-state index contributed by atoms with van der Waals surface area (Å²) < 4.78 is 30.3. The Hall–Kier alpha value is -1.45. The number of carbonyl (C=O) groups excluding carboxylic acids is 1. The van der Waals surface area contributed by atoms with Crippen LogP contribution in [0.2, 0.25) is 0 Å². The molecule has 1 aliphatic rings. The van der Waals surface area contributed by atoms with Crippen LogP contribution in [0.3, 0.4) is 0 Å². The minimum atomic E-state index is -3.38. The highest BCUT2D eigenvalue weighted by Gasteiger charge is 2.44. The van der Waals surface area contributed by atoms with E-state index in [0.717, 1.165) is 0 Å². The van der Waals surface area contributed by atoms with E-state index >= 15 is 0 Å². The third kappa shape index (κ3) is 1.18. The number of para-hydroxylation sites is 1. The molecule has 0 radical (unpaired) electrons. The smallest absolute Gasteiger partial charge is 0.342 e. The first-order valence-corrected chi connectivity index (χ1v) is 3.76. The van der Waals surface area contributed by atoms with Crippen LogP contribution in [0.15, 0.2) is 24.3 Å². The molecule has 0 amide bonds. The maximum absolute atomic E-state index is 12.8. The Kier molecular flexibility index (Phi) is 1.58. The van der Waals surface area contributed by atoms with E-state index in [4.69, 9.17) is 4.74 Å². The van der Waals surface area contributed by atoms with Gasteiger partial charge in [-0.25, -0.2) is 0 Å². The van der Waals surface area contributed by atoms with E-state index < -0.39 is 18.3 Å². The Labute approximate surface area is 73.1 Å². The van der Waals surface area contributed by atoms with E-state index in [1.54, 1.807) is 6.07 Å². The number of halogens is 2. The van der Waals surface area contributed by atoms with E-state index in [0.29, 0.717) is 0 Å². The molecular weight excluding hydrogens is 178 g/mol. The van der Waals surface area contributed by atoms with Crippen molar-refractivity contribution in [3.63, 3.8) is 0 Å². The van der Waals surface area contributed by atoms with Gasteiger partial charge in [-0.2, -0.15) is 8.78 Å². The van der Waals surface area contributed by atoms with Crippen molar-refractivity contribution in [1.82, 2.24) is 0 Å². The predicted octanol–water partition coefficient (Wildman–Crippen LogP) is 1.90. The third-order valence-corrected chi connectivity index (χ3v) is 1.87. The molecule has 0 saturated heterocycles. The molecule has 1 heterocycles. The second kappa shape index (κ2) is 2.52. The maximum atomic E-state index is 12.8. The van der Waals surface area contributed by atoms with Gasteiger partial charge in [0.05, 0.1) is 5.56 Å². The molecule has 2 rings (SSSR count). The number of ketones is 1. The van der Waals surface area contributed by atoms with Crippen molar-refractivity contribution in [2.75, 3.05) is 6.61 Å². The molecule has 4 heteroatoms. The summed E-state index contributed by atoms with van der Waals surface area (Å²) in [5.41, 5.74) is -0.0428. The van der Waals surface area contributed by atoms with E-state index in [2.05, 4.69) is 0 Å². The Morgan fingerprint density at radius 3 is 2.77 bits per heavy atom. The lowest BCUT2D eigenvalue weighted by Crippen LogP contribution is -2.39. The van der Waals surface area contributed by atoms with Gasteiger partial charge in [-0.3, -0.25) is 4.79 Å². The van der Waals surface area contributed by atoms with Gasteiger partial charge < -0.3 is 4.74 Å². The van der Waals surface area contributed by atoms with Crippen molar-refractivity contribution in [2.45, 2.75) is 5.92 Å². The molecule has 13 heavy (non-hydrogen) atoms. The zero-order chi connectivity index (χ0) is 9.47. The van der Waals surface area contributed by atoms with Crippen molar-refractivity contribution in [3.05, 3.63) is 29.8 Å². The number of fused-ring (bicyclic) bond motifs is 1. The van der Waals surface area contributed by atoms with Crippen LogP contribution in [0.4, 0.5) is 8.78 Å². The number of Topliss-reactive ketones (excluding diaryl/α,β-unsaturated/α-hetero) is 1. The zero-order valence-electron chi connectivity index (χ0n) is 6.59. The van der Waals surface area contributed by atoms with Crippen LogP contribution in [-0.2, 0) is 0 Å². The summed E-state index contributed by atoms with van der Waals surface area (Å²) in [6, 6.07) is 6.00. The van der Waals surface area contributed by atoms with Crippen LogP contribution >= 0.6 is 0 Å². The Bertz CT molecular complexity index is 360. The number of benzene rings is 1. The SMILES string of the molecule is O=C1c2ccccc2OCC1(F)F. The fraction of sp³-hybridized carbons (Fsp3) is 0.222. The van der Waals surface area contributed by atoms with Crippen LogP contribution in [0.25, 0.3) is 0 Å². The van der Waals surface area contributed by atoms with Gasteiger partial charge in [0.15, 0.2) is 6.61 Å². The summed E-state index contributed by atoms with van der Waals surface area (Å²) in [6.45, 7) is -0.858. The maximum Gasteiger partial charge on any atom is 0.342 e. The Morgan fingerprint density at radius 1 is 1.31 bits per heavy atom. The molecule has 0 unspecified atom stereocenters. The third-order valence-electron chi connectivity index (χ3n) is 1.87. The molecular formula is C9H6F2O2. The average molecular weight is 184 g/mol. The molecule has 1 aliphatic heterocycles. The van der Waals surface area contributed by atoms with Gasteiger partial charge >= 0.3 is 5.92 Å². The molecule has 1 aromatic rings. The first-order valence-electron chi connectivity index (χ1n) is 3.76. The van der Waals surface area contributed by atoms with E-state index in [1.165, 1.54) is 18.2 Å². The predicted molar refractivity (Wildman–Crippen MR) is 41.2 cm³/mol. The standard InChI is InChI=1S/C9H6F2O2/c10-9(11)5-13-7-4-2-1-3-6(7)8(9)12/h1-4H,5H2. The number of alkyl halides is 2. The lowest BCUT2D eigenvalue weighted by molar-refractivity contribution is -0.0264. The van der Waals surface area contributed by atoms with Gasteiger partial charge in [0.2, 0.25) is 5.78 Å². The number of ether oxygens (including phenoxy) is 1. The number of carbonyl (C=O) groups is 1. The number of hydrogen-bond donors (Lipinski definition) is 0. The fourth-order valence-corrected chi connectivity index (χ4v) is 1.21. The summed E-state index contributed by atoms with van der Waals surface area (Å²) in [5, 5.41) is 0. The minimum absolute atomic E-state index is 0.0428. The summed E-state index contributed by atoms with van der Waals surface area (Å²) in [6.07, 6.45) is 0. The van der Waals surface area contributed by atoms with Gasteiger partial charge in [-0.15, -0.1) is 0 Å². The van der Waals surface area contributed by atoms with Crippen LogP contribution in [0.1, 0.15) is 10.4 Å². The van der Waals surface area contributed by atoms with E-state index in [-0.39, 0.29) is 11.3 Å². The van der Waals surface area contributed by atoms with Crippen LogP contribution in [0, 0.1) is 0 Å². The number of rotatable bonds is 0. The second-order valence-corrected chi connectivity index (χ2v) is 2.82. The Balaban J connectivity index is 2.52. The molecule has 0 saturated carbocycles. The Morgan fingerprint density at radius 2 is 2.00 bits per heavy atom. The highest BCUT2D eigenvalue weighted by atomic mass is 19.3. The second-order valence-electron chi connectivity index (χ2n) is 2.82. The van der Waals surface area contributed by atoms with Crippen molar-refractivity contribution >= 4 is 5.78 Å². The van der Waals surface area contributed by atoms with Gasteiger partial charge in [0, 0.05) is 0 Å². The van der Waals surface area contributed by atoms with Gasteiger partial charge in [-0.05, 0) is 12.1 Å². The summed E-state index contributed by atoms with van der Waals surface area (Å²) in [7, 11) is 0. The quantitative estimate of drug-likeness (QED) is 0.615. The molecule has 1 aromatic carbocycles. The summed E-state index contributed by atoms with van der Waals surface area (Å²) in [4.78, 5) is 11.1. The summed E-state index contributed by atoms with van der Waals surface area (Å²) >= 11 is 0.